The zero-order chi connectivity index (χ0) is 14.5. The van der Waals surface area contributed by atoms with Gasteiger partial charge in [-0.25, -0.2) is 4.79 Å². The van der Waals surface area contributed by atoms with Gasteiger partial charge in [-0.3, -0.25) is 4.98 Å². The number of esters is 1. The summed E-state index contributed by atoms with van der Waals surface area (Å²) >= 11 is 0. The molecule has 1 aromatic rings. The summed E-state index contributed by atoms with van der Waals surface area (Å²) in [7, 11) is 0.747. The minimum Gasteiger partial charge on any atom is -0.465 e. The first-order valence-corrected chi connectivity index (χ1v) is 7.76. The second kappa shape index (κ2) is 6.82. The SMILES string of the molecule is COC(=O)c1ccc(CO[SiH2]C(C)(C)C(C)C)nc1. The van der Waals surface area contributed by atoms with E-state index in [4.69, 9.17) is 4.43 Å². The van der Waals surface area contributed by atoms with Crippen molar-refractivity contribution < 1.29 is 14.0 Å². The standard InChI is InChI=1S/C14H23NO3Si/c1-10(2)14(3,4)19-18-9-12-7-6-11(8-15-12)13(16)17-5/h6-8,10H,9,19H2,1-5H3. The molecule has 19 heavy (non-hydrogen) atoms. The van der Waals surface area contributed by atoms with Crippen LogP contribution in [0.4, 0.5) is 0 Å². The molecule has 0 saturated heterocycles. The van der Waals surface area contributed by atoms with Crippen LogP contribution >= 0.6 is 0 Å². The summed E-state index contributed by atoms with van der Waals surface area (Å²) in [5.74, 6) is 0.254. The highest BCUT2D eigenvalue weighted by Crippen LogP contribution is 2.32. The maximum Gasteiger partial charge on any atom is 0.339 e. The van der Waals surface area contributed by atoms with Crippen LogP contribution in [0.5, 0.6) is 0 Å². The third-order valence-corrected chi connectivity index (χ3v) is 5.50. The van der Waals surface area contributed by atoms with E-state index >= 15 is 0 Å². The maximum absolute atomic E-state index is 11.3. The highest BCUT2D eigenvalue weighted by atomic mass is 28.2. The van der Waals surface area contributed by atoms with E-state index in [0.717, 1.165) is 5.69 Å². The Labute approximate surface area is 117 Å². The predicted molar refractivity (Wildman–Crippen MR) is 77.8 cm³/mol. The molecule has 0 spiro atoms. The molecule has 4 nitrogen and oxygen atoms in total. The highest BCUT2D eigenvalue weighted by molar-refractivity contribution is 6.32. The topological polar surface area (TPSA) is 48.4 Å². The van der Waals surface area contributed by atoms with Gasteiger partial charge in [-0.05, 0) is 23.1 Å². The molecule has 5 heteroatoms. The summed E-state index contributed by atoms with van der Waals surface area (Å²) in [5.41, 5.74) is 1.31. The number of nitrogens with zero attached hydrogens (tertiary/aromatic N) is 1. The van der Waals surface area contributed by atoms with Crippen molar-refractivity contribution >= 4 is 15.7 Å². The van der Waals surface area contributed by atoms with Crippen LogP contribution in [0.1, 0.15) is 43.7 Å². The summed E-state index contributed by atoms with van der Waals surface area (Å²) in [6, 6.07) is 3.52. The van der Waals surface area contributed by atoms with Gasteiger partial charge >= 0.3 is 5.97 Å². The Kier molecular flexibility index (Phi) is 5.69. The largest absolute Gasteiger partial charge is 0.465 e. The maximum atomic E-state index is 11.3. The van der Waals surface area contributed by atoms with Gasteiger partial charge in [-0.15, -0.1) is 0 Å². The van der Waals surface area contributed by atoms with Gasteiger partial charge in [0.1, 0.15) is 0 Å². The van der Waals surface area contributed by atoms with Gasteiger partial charge in [0.05, 0.1) is 25.0 Å². The second-order valence-corrected chi connectivity index (χ2v) is 8.19. The van der Waals surface area contributed by atoms with E-state index in [-0.39, 0.29) is 11.0 Å². The number of methoxy groups -OCH3 is 1. The van der Waals surface area contributed by atoms with E-state index in [1.807, 2.05) is 6.07 Å². The fourth-order valence-corrected chi connectivity index (χ4v) is 2.50. The van der Waals surface area contributed by atoms with Crippen molar-refractivity contribution in [1.29, 1.82) is 0 Å². The van der Waals surface area contributed by atoms with Crippen molar-refractivity contribution in [2.75, 3.05) is 7.11 Å². The average molecular weight is 281 g/mol. The van der Waals surface area contributed by atoms with Crippen LogP contribution in [-0.4, -0.2) is 27.8 Å². The van der Waals surface area contributed by atoms with Crippen molar-refractivity contribution in [3.63, 3.8) is 0 Å². The molecule has 0 unspecified atom stereocenters. The zero-order valence-electron chi connectivity index (χ0n) is 12.4. The Morgan fingerprint density at radius 2 is 2.11 bits per heavy atom. The molecule has 0 saturated carbocycles. The lowest BCUT2D eigenvalue weighted by Crippen LogP contribution is -2.22. The third kappa shape index (κ3) is 4.76. The van der Waals surface area contributed by atoms with Gasteiger partial charge in [0.2, 0.25) is 0 Å². The lowest BCUT2D eigenvalue weighted by atomic mass is 9.99. The molecule has 1 heterocycles. The summed E-state index contributed by atoms with van der Waals surface area (Å²) in [6.07, 6.45) is 1.53. The first-order chi connectivity index (χ1) is 8.86. The molecule has 0 fully saturated rings. The smallest absolute Gasteiger partial charge is 0.339 e. The van der Waals surface area contributed by atoms with Gasteiger partial charge in [0, 0.05) is 6.20 Å². The Balaban J connectivity index is 2.49. The molecular formula is C14H23NO3Si. The van der Waals surface area contributed by atoms with Crippen molar-refractivity contribution in [3.05, 3.63) is 29.6 Å². The Morgan fingerprint density at radius 3 is 2.58 bits per heavy atom. The quantitative estimate of drug-likeness (QED) is 0.593. The van der Waals surface area contributed by atoms with Crippen LogP contribution in [0.15, 0.2) is 18.3 Å². The predicted octanol–water partition coefficient (Wildman–Crippen LogP) is 2.32. The molecule has 0 amide bonds. The van der Waals surface area contributed by atoms with Crippen LogP contribution in [0.2, 0.25) is 5.04 Å². The molecule has 0 radical (unpaired) electrons. The van der Waals surface area contributed by atoms with Crippen molar-refractivity contribution in [3.8, 4) is 0 Å². The third-order valence-electron chi connectivity index (χ3n) is 3.53. The lowest BCUT2D eigenvalue weighted by molar-refractivity contribution is 0.0600. The molecule has 106 valence electrons. The zero-order valence-corrected chi connectivity index (χ0v) is 13.8. The normalized spacial score (nSPS) is 12.3. The summed E-state index contributed by atoms with van der Waals surface area (Å²) in [4.78, 5) is 15.5. The van der Waals surface area contributed by atoms with Crippen molar-refractivity contribution in [1.82, 2.24) is 4.98 Å². The molecule has 1 rings (SSSR count). The van der Waals surface area contributed by atoms with E-state index in [1.54, 1.807) is 6.07 Å². The number of rotatable bonds is 6. The Morgan fingerprint density at radius 1 is 1.42 bits per heavy atom. The number of hydrogen-bond acceptors (Lipinski definition) is 4. The van der Waals surface area contributed by atoms with E-state index in [9.17, 15) is 4.79 Å². The van der Waals surface area contributed by atoms with Gasteiger partial charge in [-0.1, -0.05) is 27.7 Å². The molecular weight excluding hydrogens is 258 g/mol. The first kappa shape index (κ1) is 15.9. The molecule has 0 aliphatic heterocycles. The monoisotopic (exact) mass is 281 g/mol. The lowest BCUT2D eigenvalue weighted by Gasteiger charge is -2.28. The molecule has 0 aromatic carbocycles. The molecule has 0 atom stereocenters. The number of carbonyl (C=O) groups excluding carboxylic acids is 1. The summed E-state index contributed by atoms with van der Waals surface area (Å²) < 4.78 is 10.5. The molecule has 0 aliphatic carbocycles. The van der Waals surface area contributed by atoms with Gasteiger partial charge in [-0.2, -0.15) is 0 Å². The summed E-state index contributed by atoms with van der Waals surface area (Å²) in [6.45, 7) is 9.46. The number of hydrogen-bond donors (Lipinski definition) is 0. The Hall–Kier alpha value is -1.20. The van der Waals surface area contributed by atoms with Gasteiger partial charge < -0.3 is 9.16 Å². The van der Waals surface area contributed by atoms with E-state index < -0.39 is 9.76 Å². The Bertz CT molecular complexity index is 415. The minimum atomic E-state index is -0.613. The molecule has 0 N–H and O–H groups in total. The van der Waals surface area contributed by atoms with Gasteiger partial charge in [0.15, 0.2) is 9.76 Å². The van der Waals surface area contributed by atoms with Crippen LogP contribution in [-0.2, 0) is 15.8 Å². The van der Waals surface area contributed by atoms with E-state index in [2.05, 4.69) is 37.4 Å². The molecule has 1 aromatic heterocycles. The van der Waals surface area contributed by atoms with Crippen molar-refractivity contribution in [2.45, 2.75) is 39.3 Å². The van der Waals surface area contributed by atoms with Crippen molar-refractivity contribution in [2.24, 2.45) is 5.92 Å². The molecule has 0 aliphatic rings. The van der Waals surface area contributed by atoms with E-state index in [0.29, 0.717) is 18.1 Å². The second-order valence-electron chi connectivity index (χ2n) is 5.67. The van der Waals surface area contributed by atoms with Crippen LogP contribution in [0.25, 0.3) is 0 Å². The number of aromatic nitrogens is 1. The van der Waals surface area contributed by atoms with E-state index in [1.165, 1.54) is 13.3 Å². The fourth-order valence-electron chi connectivity index (χ4n) is 1.33. The average Bonchev–Trinajstić information content (AvgIpc) is 2.38. The highest BCUT2D eigenvalue weighted by Gasteiger charge is 2.23. The molecule has 0 bridgehead atoms. The van der Waals surface area contributed by atoms with Crippen LogP contribution in [0.3, 0.4) is 0 Å². The van der Waals surface area contributed by atoms with Crippen LogP contribution in [0, 0.1) is 5.92 Å². The van der Waals surface area contributed by atoms with Gasteiger partial charge in [0.25, 0.3) is 0 Å². The summed E-state index contributed by atoms with van der Waals surface area (Å²) in [5, 5.41) is 0.284. The fraction of sp³-hybridized carbons (Fsp3) is 0.571. The number of ether oxygens (including phenoxy) is 1. The minimum absolute atomic E-state index is 0.284. The van der Waals surface area contributed by atoms with Crippen LogP contribution < -0.4 is 0 Å². The first-order valence-electron chi connectivity index (χ1n) is 6.48. The number of carbonyl (C=O) groups is 1. The number of pyridine rings is 1.